The lowest BCUT2D eigenvalue weighted by Gasteiger charge is -2.37. The van der Waals surface area contributed by atoms with Crippen molar-refractivity contribution in [2.45, 2.75) is 12.8 Å². The second kappa shape index (κ2) is 5.62. The standard InChI is InChI=1S/C17H22ClN3/c18-16-2-1-3-17(19-16)21-8-6-20(7-9-21)12-15-11-13-4-5-14(15)10-13/h1-5,13-15H,6-12H2. The molecular weight excluding hydrogens is 282 g/mol. The maximum Gasteiger partial charge on any atom is 0.131 e. The van der Waals surface area contributed by atoms with Crippen LogP contribution < -0.4 is 4.90 Å². The maximum atomic E-state index is 5.99. The summed E-state index contributed by atoms with van der Waals surface area (Å²) in [6, 6.07) is 5.88. The Kier molecular flexibility index (Phi) is 3.64. The molecule has 2 fully saturated rings. The summed E-state index contributed by atoms with van der Waals surface area (Å²) in [6.07, 6.45) is 7.73. The molecule has 2 bridgehead atoms. The molecule has 21 heavy (non-hydrogen) atoms. The third-order valence-electron chi connectivity index (χ3n) is 5.31. The van der Waals surface area contributed by atoms with E-state index in [1.54, 1.807) is 0 Å². The van der Waals surface area contributed by atoms with Gasteiger partial charge in [0.15, 0.2) is 0 Å². The van der Waals surface area contributed by atoms with Crippen molar-refractivity contribution >= 4 is 17.4 Å². The molecule has 112 valence electrons. The van der Waals surface area contributed by atoms with Crippen molar-refractivity contribution in [2.75, 3.05) is 37.6 Å². The number of anilines is 1. The Morgan fingerprint density at radius 3 is 2.62 bits per heavy atom. The number of hydrogen-bond acceptors (Lipinski definition) is 3. The lowest BCUT2D eigenvalue weighted by atomic mass is 9.93. The van der Waals surface area contributed by atoms with E-state index in [2.05, 4.69) is 33.0 Å². The number of halogens is 1. The van der Waals surface area contributed by atoms with Crippen molar-refractivity contribution in [3.05, 3.63) is 35.5 Å². The first-order chi connectivity index (χ1) is 10.3. The lowest BCUT2D eigenvalue weighted by molar-refractivity contribution is 0.204. The lowest BCUT2D eigenvalue weighted by Crippen LogP contribution is -2.48. The topological polar surface area (TPSA) is 19.4 Å². The van der Waals surface area contributed by atoms with E-state index in [-0.39, 0.29) is 0 Å². The molecule has 1 saturated carbocycles. The van der Waals surface area contributed by atoms with Gasteiger partial charge in [-0.25, -0.2) is 4.98 Å². The van der Waals surface area contributed by atoms with Gasteiger partial charge in [0.1, 0.15) is 11.0 Å². The van der Waals surface area contributed by atoms with E-state index in [0.29, 0.717) is 5.15 Å². The minimum absolute atomic E-state index is 0.587. The first-order valence-electron chi connectivity index (χ1n) is 8.06. The summed E-state index contributed by atoms with van der Waals surface area (Å²) in [4.78, 5) is 9.41. The zero-order chi connectivity index (χ0) is 14.2. The number of aromatic nitrogens is 1. The summed E-state index contributed by atoms with van der Waals surface area (Å²) in [5, 5.41) is 0.587. The molecule has 1 saturated heterocycles. The molecule has 1 aromatic rings. The molecule has 4 heteroatoms. The fourth-order valence-electron chi connectivity index (χ4n) is 4.17. The molecule has 0 spiro atoms. The number of hydrogen-bond donors (Lipinski definition) is 0. The predicted molar refractivity (Wildman–Crippen MR) is 86.7 cm³/mol. The average Bonchev–Trinajstić information content (AvgIpc) is 3.11. The van der Waals surface area contributed by atoms with Crippen molar-refractivity contribution in [1.82, 2.24) is 9.88 Å². The largest absolute Gasteiger partial charge is 0.354 e. The molecule has 4 rings (SSSR count). The van der Waals surface area contributed by atoms with Gasteiger partial charge in [-0.15, -0.1) is 0 Å². The van der Waals surface area contributed by atoms with Crippen molar-refractivity contribution in [3.8, 4) is 0 Å². The highest BCUT2D eigenvalue weighted by Crippen LogP contribution is 2.43. The van der Waals surface area contributed by atoms with Gasteiger partial charge in [-0.1, -0.05) is 29.8 Å². The highest BCUT2D eigenvalue weighted by atomic mass is 35.5. The minimum atomic E-state index is 0.587. The molecule has 0 N–H and O–H groups in total. The third kappa shape index (κ3) is 2.82. The van der Waals surface area contributed by atoms with Crippen LogP contribution in [0.2, 0.25) is 5.15 Å². The molecule has 1 aliphatic heterocycles. The van der Waals surface area contributed by atoms with E-state index in [4.69, 9.17) is 11.6 Å². The van der Waals surface area contributed by atoms with Crippen LogP contribution in [0.3, 0.4) is 0 Å². The Hall–Kier alpha value is -1.06. The summed E-state index contributed by atoms with van der Waals surface area (Å²) >= 11 is 5.99. The minimum Gasteiger partial charge on any atom is -0.354 e. The van der Waals surface area contributed by atoms with Gasteiger partial charge in [-0.05, 0) is 42.7 Å². The summed E-state index contributed by atoms with van der Waals surface area (Å²) in [6.45, 7) is 5.69. The van der Waals surface area contributed by atoms with Gasteiger partial charge < -0.3 is 4.90 Å². The van der Waals surface area contributed by atoms with Crippen molar-refractivity contribution in [2.24, 2.45) is 17.8 Å². The van der Waals surface area contributed by atoms with Gasteiger partial charge in [-0.2, -0.15) is 0 Å². The molecular formula is C17H22ClN3. The monoisotopic (exact) mass is 303 g/mol. The van der Waals surface area contributed by atoms with Crippen molar-refractivity contribution in [3.63, 3.8) is 0 Å². The van der Waals surface area contributed by atoms with Crippen LogP contribution in [0.1, 0.15) is 12.8 Å². The van der Waals surface area contributed by atoms with Crippen LogP contribution in [0.15, 0.2) is 30.4 Å². The highest BCUT2D eigenvalue weighted by Gasteiger charge is 2.36. The number of pyridine rings is 1. The van der Waals surface area contributed by atoms with E-state index >= 15 is 0 Å². The van der Waals surface area contributed by atoms with Gasteiger partial charge in [0.2, 0.25) is 0 Å². The molecule has 3 nitrogen and oxygen atoms in total. The van der Waals surface area contributed by atoms with Gasteiger partial charge in [0.25, 0.3) is 0 Å². The van der Waals surface area contributed by atoms with Gasteiger partial charge in [0, 0.05) is 32.7 Å². The molecule has 0 aromatic carbocycles. The highest BCUT2D eigenvalue weighted by molar-refractivity contribution is 6.29. The Morgan fingerprint density at radius 1 is 1.10 bits per heavy atom. The smallest absolute Gasteiger partial charge is 0.131 e. The number of piperazine rings is 1. The normalized spacial score (nSPS) is 32.0. The fraction of sp³-hybridized carbons (Fsp3) is 0.588. The zero-order valence-corrected chi connectivity index (χ0v) is 13.0. The SMILES string of the molecule is Clc1cccc(N2CCN(CC3CC4C=CC3C4)CC2)n1. The number of nitrogens with zero attached hydrogens (tertiary/aromatic N) is 3. The predicted octanol–water partition coefficient (Wildman–Crippen LogP) is 3.07. The average molecular weight is 304 g/mol. The van der Waals surface area contributed by atoms with E-state index in [0.717, 1.165) is 49.8 Å². The Bertz CT molecular complexity index is 537. The summed E-state index contributed by atoms with van der Waals surface area (Å²) in [7, 11) is 0. The second-order valence-corrected chi connectivity index (χ2v) is 7.03. The number of fused-ring (bicyclic) bond motifs is 2. The second-order valence-electron chi connectivity index (χ2n) is 6.65. The molecule has 3 aliphatic rings. The molecule has 1 aromatic heterocycles. The first kappa shape index (κ1) is 13.6. The molecule has 0 radical (unpaired) electrons. The number of rotatable bonds is 3. The van der Waals surface area contributed by atoms with Gasteiger partial charge in [-0.3, -0.25) is 4.90 Å². The molecule has 3 unspecified atom stereocenters. The van der Waals surface area contributed by atoms with Crippen LogP contribution in [0.25, 0.3) is 0 Å². The Labute approximate surface area is 131 Å². The molecule has 2 aliphatic carbocycles. The summed E-state index contributed by atoms with van der Waals surface area (Å²) < 4.78 is 0. The third-order valence-corrected chi connectivity index (χ3v) is 5.52. The van der Waals surface area contributed by atoms with Crippen LogP contribution in [0.5, 0.6) is 0 Å². The Balaban J connectivity index is 1.32. The van der Waals surface area contributed by atoms with Crippen LogP contribution in [-0.4, -0.2) is 42.6 Å². The van der Waals surface area contributed by atoms with Crippen LogP contribution in [-0.2, 0) is 0 Å². The molecule has 3 atom stereocenters. The zero-order valence-electron chi connectivity index (χ0n) is 12.3. The summed E-state index contributed by atoms with van der Waals surface area (Å²) in [5.74, 6) is 3.67. The van der Waals surface area contributed by atoms with E-state index in [1.807, 2.05) is 12.1 Å². The van der Waals surface area contributed by atoms with Crippen molar-refractivity contribution < 1.29 is 0 Å². The molecule has 0 amide bonds. The van der Waals surface area contributed by atoms with E-state index in [9.17, 15) is 0 Å². The quantitative estimate of drug-likeness (QED) is 0.632. The van der Waals surface area contributed by atoms with Crippen molar-refractivity contribution in [1.29, 1.82) is 0 Å². The summed E-state index contributed by atoms with van der Waals surface area (Å²) in [5.41, 5.74) is 0. The van der Waals surface area contributed by atoms with Crippen LogP contribution in [0.4, 0.5) is 5.82 Å². The first-order valence-corrected chi connectivity index (χ1v) is 8.44. The number of allylic oxidation sites excluding steroid dienone is 2. The van der Waals surface area contributed by atoms with E-state index in [1.165, 1.54) is 19.4 Å². The van der Waals surface area contributed by atoms with Gasteiger partial charge in [0.05, 0.1) is 0 Å². The maximum absolute atomic E-state index is 5.99. The van der Waals surface area contributed by atoms with E-state index < -0.39 is 0 Å². The van der Waals surface area contributed by atoms with Crippen LogP contribution >= 0.6 is 11.6 Å². The van der Waals surface area contributed by atoms with Gasteiger partial charge >= 0.3 is 0 Å². The molecule has 2 heterocycles. The Morgan fingerprint density at radius 2 is 1.95 bits per heavy atom. The van der Waals surface area contributed by atoms with Crippen LogP contribution in [0, 0.1) is 17.8 Å². The fourth-order valence-corrected chi connectivity index (χ4v) is 4.33.